The van der Waals surface area contributed by atoms with Crippen LogP contribution in [-0.2, 0) is 19.5 Å². The summed E-state index contributed by atoms with van der Waals surface area (Å²) in [4.78, 5) is 39.5. The van der Waals surface area contributed by atoms with Crippen LogP contribution in [0.3, 0.4) is 0 Å². The standard InChI is InChI=1S/C20H24N4O8S/c1-30-11-9-21-18(25)14-3-6-16(7-4-14)33(28,29)24-19(26)15-5-8-17(23-13-15)32-20(27)22-10-12-31-2/h3-8,13H,9-12H2,1-2H3,(H,21,25)(H,22,27)(H,24,26). The van der Waals surface area contributed by atoms with Gasteiger partial charge in [-0.05, 0) is 30.3 Å². The van der Waals surface area contributed by atoms with Gasteiger partial charge in [-0.1, -0.05) is 0 Å². The van der Waals surface area contributed by atoms with Crippen molar-refractivity contribution in [3.8, 4) is 5.88 Å². The quantitative estimate of drug-likeness (QED) is 0.384. The number of sulfonamides is 1. The van der Waals surface area contributed by atoms with Crippen LogP contribution < -0.4 is 20.1 Å². The molecule has 0 saturated heterocycles. The van der Waals surface area contributed by atoms with Crippen LogP contribution in [0.15, 0.2) is 47.5 Å². The molecule has 0 aliphatic heterocycles. The molecule has 3 N–H and O–H groups in total. The molecule has 0 spiro atoms. The first-order valence-electron chi connectivity index (χ1n) is 9.62. The van der Waals surface area contributed by atoms with Crippen molar-refractivity contribution in [2.75, 3.05) is 40.5 Å². The van der Waals surface area contributed by atoms with Crippen LogP contribution in [0, 0.1) is 0 Å². The van der Waals surface area contributed by atoms with E-state index in [1.807, 2.05) is 4.72 Å². The highest BCUT2D eigenvalue weighted by Gasteiger charge is 2.20. The third-order valence-electron chi connectivity index (χ3n) is 4.02. The molecular formula is C20H24N4O8S. The minimum absolute atomic E-state index is 0.0696. The van der Waals surface area contributed by atoms with Crippen LogP contribution in [0.1, 0.15) is 20.7 Å². The van der Waals surface area contributed by atoms with Crippen molar-refractivity contribution < 1.29 is 37.0 Å². The normalized spacial score (nSPS) is 10.8. The van der Waals surface area contributed by atoms with Gasteiger partial charge in [0.25, 0.3) is 21.8 Å². The van der Waals surface area contributed by atoms with Gasteiger partial charge < -0.3 is 24.8 Å². The fourth-order valence-electron chi connectivity index (χ4n) is 2.36. The highest BCUT2D eigenvalue weighted by Crippen LogP contribution is 2.13. The summed E-state index contributed by atoms with van der Waals surface area (Å²) in [7, 11) is -1.21. The molecule has 0 atom stereocenters. The van der Waals surface area contributed by atoms with Gasteiger partial charge in [0, 0.05) is 45.1 Å². The van der Waals surface area contributed by atoms with Crippen molar-refractivity contribution in [1.29, 1.82) is 0 Å². The van der Waals surface area contributed by atoms with Crippen LogP contribution in [0.25, 0.3) is 0 Å². The zero-order valence-corrected chi connectivity index (χ0v) is 18.8. The monoisotopic (exact) mass is 480 g/mol. The summed E-state index contributed by atoms with van der Waals surface area (Å²) in [5.74, 6) is -1.40. The SMILES string of the molecule is COCCNC(=O)Oc1ccc(C(=O)NS(=O)(=O)c2ccc(C(=O)NCCOC)cc2)cn1. The number of hydrogen-bond acceptors (Lipinski definition) is 9. The Hall–Kier alpha value is -3.55. The minimum Gasteiger partial charge on any atom is -0.391 e. The lowest BCUT2D eigenvalue weighted by molar-refractivity contribution is 0.0935. The molecule has 1 heterocycles. The van der Waals surface area contributed by atoms with Crippen LogP contribution in [-0.4, -0.2) is 71.8 Å². The highest BCUT2D eigenvalue weighted by atomic mass is 32.2. The second-order valence-corrected chi connectivity index (χ2v) is 8.08. The lowest BCUT2D eigenvalue weighted by Gasteiger charge is -2.09. The molecule has 1 aromatic heterocycles. The average Bonchev–Trinajstić information content (AvgIpc) is 2.79. The molecule has 13 heteroatoms. The Morgan fingerprint density at radius 1 is 0.848 bits per heavy atom. The van der Waals surface area contributed by atoms with Gasteiger partial charge in [-0.2, -0.15) is 0 Å². The Labute approximate surface area is 190 Å². The molecule has 0 radical (unpaired) electrons. The van der Waals surface area contributed by atoms with Crippen LogP contribution in [0.5, 0.6) is 5.88 Å². The number of hydrogen-bond donors (Lipinski definition) is 3. The lowest BCUT2D eigenvalue weighted by atomic mass is 10.2. The molecular weight excluding hydrogens is 456 g/mol. The summed E-state index contributed by atoms with van der Waals surface area (Å²) >= 11 is 0. The fraction of sp³-hybridized carbons (Fsp3) is 0.300. The Balaban J connectivity index is 1.96. The van der Waals surface area contributed by atoms with E-state index in [2.05, 4.69) is 15.6 Å². The maximum Gasteiger partial charge on any atom is 0.414 e. The molecule has 178 valence electrons. The zero-order chi connectivity index (χ0) is 24.3. The summed E-state index contributed by atoms with van der Waals surface area (Å²) in [6.45, 7) is 1.20. The number of aromatic nitrogens is 1. The summed E-state index contributed by atoms with van der Waals surface area (Å²) in [5.41, 5.74) is 0.183. The lowest BCUT2D eigenvalue weighted by Crippen LogP contribution is -2.31. The number of benzene rings is 1. The number of nitrogens with zero attached hydrogens (tertiary/aromatic N) is 1. The molecule has 33 heavy (non-hydrogen) atoms. The molecule has 0 saturated carbocycles. The van der Waals surface area contributed by atoms with Gasteiger partial charge in [0.05, 0.1) is 23.7 Å². The average molecular weight is 480 g/mol. The molecule has 2 rings (SSSR count). The van der Waals surface area contributed by atoms with E-state index in [-0.39, 0.29) is 34.4 Å². The molecule has 0 aliphatic carbocycles. The van der Waals surface area contributed by atoms with Crippen LogP contribution in [0.4, 0.5) is 4.79 Å². The Morgan fingerprint density at radius 2 is 1.45 bits per heavy atom. The van der Waals surface area contributed by atoms with Crippen molar-refractivity contribution in [3.63, 3.8) is 0 Å². The number of ether oxygens (including phenoxy) is 3. The van der Waals surface area contributed by atoms with Gasteiger partial charge in [-0.3, -0.25) is 9.59 Å². The van der Waals surface area contributed by atoms with Gasteiger partial charge in [-0.25, -0.2) is 22.9 Å². The first-order chi connectivity index (χ1) is 15.8. The number of pyridine rings is 1. The molecule has 0 unspecified atom stereocenters. The maximum atomic E-state index is 12.5. The van der Waals surface area contributed by atoms with E-state index < -0.39 is 22.0 Å². The summed E-state index contributed by atoms with van der Waals surface area (Å²) in [6.07, 6.45) is 0.311. The molecule has 2 aromatic rings. The van der Waals surface area contributed by atoms with Gasteiger partial charge in [-0.15, -0.1) is 0 Å². The van der Waals surface area contributed by atoms with E-state index in [0.29, 0.717) is 19.8 Å². The van der Waals surface area contributed by atoms with Gasteiger partial charge in [0.1, 0.15) is 0 Å². The first-order valence-corrected chi connectivity index (χ1v) is 11.1. The predicted molar refractivity (Wildman–Crippen MR) is 115 cm³/mol. The molecule has 0 bridgehead atoms. The van der Waals surface area contributed by atoms with Crippen molar-refractivity contribution in [2.24, 2.45) is 0 Å². The van der Waals surface area contributed by atoms with Crippen LogP contribution in [0.2, 0.25) is 0 Å². The highest BCUT2D eigenvalue weighted by molar-refractivity contribution is 7.90. The van der Waals surface area contributed by atoms with Gasteiger partial charge in [0.2, 0.25) is 5.88 Å². The first kappa shape index (κ1) is 25.7. The minimum atomic E-state index is -4.20. The Morgan fingerprint density at radius 3 is 2.03 bits per heavy atom. The van der Waals surface area contributed by atoms with Crippen LogP contribution >= 0.6 is 0 Å². The van der Waals surface area contributed by atoms with Crippen molar-refractivity contribution in [2.45, 2.75) is 4.90 Å². The Bertz CT molecular complexity index is 1060. The van der Waals surface area contributed by atoms with E-state index in [9.17, 15) is 22.8 Å². The van der Waals surface area contributed by atoms with E-state index in [0.717, 1.165) is 6.20 Å². The fourth-order valence-corrected chi connectivity index (χ4v) is 3.33. The van der Waals surface area contributed by atoms with Gasteiger partial charge in [0.15, 0.2) is 0 Å². The summed E-state index contributed by atoms with van der Waals surface area (Å²) in [6, 6.07) is 7.56. The number of methoxy groups -OCH3 is 2. The van der Waals surface area contributed by atoms with E-state index in [1.165, 1.54) is 50.6 Å². The van der Waals surface area contributed by atoms with Gasteiger partial charge >= 0.3 is 6.09 Å². The largest absolute Gasteiger partial charge is 0.414 e. The van der Waals surface area contributed by atoms with Crippen molar-refractivity contribution >= 4 is 27.9 Å². The number of carbonyl (C=O) groups excluding carboxylic acids is 3. The van der Waals surface area contributed by atoms with E-state index in [1.54, 1.807) is 0 Å². The topological polar surface area (TPSA) is 162 Å². The number of amides is 3. The summed E-state index contributed by atoms with van der Waals surface area (Å²) in [5, 5.41) is 5.04. The van der Waals surface area contributed by atoms with E-state index in [4.69, 9.17) is 14.2 Å². The summed E-state index contributed by atoms with van der Waals surface area (Å²) < 4.78 is 41.4. The second kappa shape index (κ2) is 12.5. The van der Waals surface area contributed by atoms with Crippen molar-refractivity contribution in [1.82, 2.24) is 20.3 Å². The molecule has 12 nitrogen and oxygen atoms in total. The molecule has 0 fully saturated rings. The number of rotatable bonds is 11. The molecule has 1 aromatic carbocycles. The maximum absolute atomic E-state index is 12.5. The molecule has 0 aliphatic rings. The second-order valence-electron chi connectivity index (χ2n) is 6.40. The van der Waals surface area contributed by atoms with Crippen molar-refractivity contribution in [3.05, 3.63) is 53.7 Å². The van der Waals surface area contributed by atoms with E-state index >= 15 is 0 Å². The number of nitrogens with one attached hydrogen (secondary N) is 3. The zero-order valence-electron chi connectivity index (χ0n) is 18.0. The third-order valence-corrected chi connectivity index (χ3v) is 5.36. The number of carbonyl (C=O) groups is 3. The molecule has 3 amide bonds. The third kappa shape index (κ3) is 8.14. The predicted octanol–water partition coefficient (Wildman–Crippen LogP) is 0.311. The smallest absolute Gasteiger partial charge is 0.391 e. The Kier molecular flexibility index (Phi) is 9.72.